The normalized spacial score (nSPS) is 11.8. The van der Waals surface area contributed by atoms with Crippen LogP contribution < -0.4 is 10.6 Å². The van der Waals surface area contributed by atoms with Crippen molar-refractivity contribution < 1.29 is 0 Å². The minimum Gasteiger partial charge on any atom is -0.356 e. The van der Waals surface area contributed by atoms with Crippen LogP contribution in [0.15, 0.2) is 46.8 Å². The highest BCUT2D eigenvalue weighted by atomic mass is 32.1. The zero-order valence-electron chi connectivity index (χ0n) is 15.6. The SMILES string of the molecule is CCN(CC)Cc1ccc(CNC(=NC)NCCc2cccs2)cc1. The topological polar surface area (TPSA) is 39.7 Å². The summed E-state index contributed by atoms with van der Waals surface area (Å²) in [6.45, 7) is 9.29. The number of rotatable bonds is 9. The molecule has 0 spiro atoms. The molecule has 0 aliphatic rings. The zero-order valence-corrected chi connectivity index (χ0v) is 16.4. The van der Waals surface area contributed by atoms with Gasteiger partial charge in [-0.25, -0.2) is 0 Å². The van der Waals surface area contributed by atoms with Gasteiger partial charge in [-0.3, -0.25) is 9.89 Å². The number of guanidine groups is 1. The van der Waals surface area contributed by atoms with Crippen LogP contribution in [0.1, 0.15) is 29.9 Å². The van der Waals surface area contributed by atoms with E-state index in [4.69, 9.17) is 0 Å². The molecule has 5 heteroatoms. The first-order valence-electron chi connectivity index (χ1n) is 9.02. The van der Waals surface area contributed by atoms with Gasteiger partial charge in [0, 0.05) is 31.6 Å². The lowest BCUT2D eigenvalue weighted by Crippen LogP contribution is -2.37. The molecular weight excluding hydrogens is 328 g/mol. The predicted octanol–water partition coefficient (Wildman–Crippen LogP) is 3.50. The molecule has 1 aromatic heterocycles. The third-order valence-electron chi connectivity index (χ3n) is 4.25. The van der Waals surface area contributed by atoms with Crippen molar-refractivity contribution in [2.24, 2.45) is 4.99 Å². The van der Waals surface area contributed by atoms with Crippen LogP contribution in [0, 0.1) is 0 Å². The van der Waals surface area contributed by atoms with Crippen LogP contribution >= 0.6 is 11.3 Å². The molecule has 0 aliphatic heterocycles. The monoisotopic (exact) mass is 358 g/mol. The highest BCUT2D eigenvalue weighted by Gasteiger charge is 2.02. The fourth-order valence-electron chi connectivity index (χ4n) is 2.63. The second kappa shape index (κ2) is 10.9. The first kappa shape index (κ1) is 19.5. The fourth-order valence-corrected chi connectivity index (χ4v) is 3.34. The average Bonchev–Trinajstić information content (AvgIpc) is 3.17. The molecule has 2 rings (SSSR count). The van der Waals surface area contributed by atoms with E-state index in [0.717, 1.165) is 45.1 Å². The van der Waals surface area contributed by atoms with Gasteiger partial charge in [0.05, 0.1) is 0 Å². The predicted molar refractivity (Wildman–Crippen MR) is 109 cm³/mol. The van der Waals surface area contributed by atoms with Crippen molar-refractivity contribution in [3.8, 4) is 0 Å². The molecule has 0 aliphatic carbocycles. The van der Waals surface area contributed by atoms with Gasteiger partial charge >= 0.3 is 0 Å². The van der Waals surface area contributed by atoms with Crippen LogP contribution in [0.25, 0.3) is 0 Å². The Kier molecular flexibility index (Phi) is 8.49. The number of benzene rings is 1. The van der Waals surface area contributed by atoms with Crippen molar-refractivity contribution >= 4 is 17.3 Å². The molecule has 0 atom stereocenters. The number of hydrogen-bond acceptors (Lipinski definition) is 3. The molecule has 25 heavy (non-hydrogen) atoms. The molecule has 0 amide bonds. The minimum absolute atomic E-state index is 0.782. The first-order chi connectivity index (χ1) is 12.2. The third kappa shape index (κ3) is 6.88. The first-order valence-corrected chi connectivity index (χ1v) is 9.90. The maximum atomic E-state index is 4.29. The molecule has 0 fully saturated rings. The van der Waals surface area contributed by atoms with Crippen LogP contribution in [-0.4, -0.2) is 37.5 Å². The molecule has 1 heterocycles. The molecule has 0 radical (unpaired) electrons. The Morgan fingerprint density at radius 2 is 1.76 bits per heavy atom. The van der Waals surface area contributed by atoms with E-state index >= 15 is 0 Å². The van der Waals surface area contributed by atoms with Crippen molar-refractivity contribution in [2.45, 2.75) is 33.4 Å². The van der Waals surface area contributed by atoms with Gasteiger partial charge in [-0.2, -0.15) is 0 Å². The highest BCUT2D eigenvalue weighted by molar-refractivity contribution is 7.09. The Morgan fingerprint density at radius 1 is 1.04 bits per heavy atom. The average molecular weight is 359 g/mol. The Hall–Kier alpha value is -1.85. The van der Waals surface area contributed by atoms with Crippen LogP contribution in [0.5, 0.6) is 0 Å². The van der Waals surface area contributed by atoms with Gasteiger partial charge in [0.1, 0.15) is 0 Å². The van der Waals surface area contributed by atoms with E-state index < -0.39 is 0 Å². The van der Waals surface area contributed by atoms with E-state index in [1.54, 1.807) is 11.3 Å². The second-order valence-corrected chi connectivity index (χ2v) is 6.99. The van der Waals surface area contributed by atoms with E-state index in [9.17, 15) is 0 Å². The van der Waals surface area contributed by atoms with Gasteiger partial charge in [0.2, 0.25) is 0 Å². The Balaban J connectivity index is 1.75. The lowest BCUT2D eigenvalue weighted by atomic mass is 10.1. The van der Waals surface area contributed by atoms with E-state index in [1.807, 2.05) is 7.05 Å². The Morgan fingerprint density at radius 3 is 2.36 bits per heavy atom. The van der Waals surface area contributed by atoms with E-state index in [2.05, 4.69) is 76.2 Å². The number of nitrogens with one attached hydrogen (secondary N) is 2. The van der Waals surface area contributed by atoms with Crippen LogP contribution in [0.3, 0.4) is 0 Å². The fraction of sp³-hybridized carbons (Fsp3) is 0.450. The van der Waals surface area contributed by atoms with Crippen molar-refractivity contribution in [3.05, 3.63) is 57.8 Å². The molecule has 0 unspecified atom stereocenters. The molecule has 1 aromatic carbocycles. The summed E-state index contributed by atoms with van der Waals surface area (Å²) in [5, 5.41) is 8.87. The van der Waals surface area contributed by atoms with Crippen molar-refractivity contribution in [1.29, 1.82) is 0 Å². The Labute approximate surface area is 156 Å². The van der Waals surface area contributed by atoms with E-state index in [1.165, 1.54) is 16.0 Å². The minimum atomic E-state index is 0.782. The molecule has 0 saturated heterocycles. The summed E-state index contributed by atoms with van der Waals surface area (Å²) < 4.78 is 0. The van der Waals surface area contributed by atoms with Crippen molar-refractivity contribution in [2.75, 3.05) is 26.7 Å². The summed E-state index contributed by atoms with van der Waals surface area (Å²) in [6, 6.07) is 13.1. The summed E-state index contributed by atoms with van der Waals surface area (Å²) in [5.74, 6) is 0.851. The lowest BCUT2D eigenvalue weighted by molar-refractivity contribution is 0.296. The van der Waals surface area contributed by atoms with Gasteiger partial charge in [-0.1, -0.05) is 44.2 Å². The van der Waals surface area contributed by atoms with Crippen LogP contribution in [0.2, 0.25) is 0 Å². The summed E-state index contributed by atoms with van der Waals surface area (Å²) in [7, 11) is 1.81. The number of aliphatic imine (C=N–C) groups is 1. The molecule has 0 bridgehead atoms. The van der Waals surface area contributed by atoms with E-state index in [0.29, 0.717) is 0 Å². The maximum Gasteiger partial charge on any atom is 0.191 e. The number of thiophene rings is 1. The Bertz CT molecular complexity index is 616. The maximum absolute atomic E-state index is 4.29. The summed E-state index contributed by atoms with van der Waals surface area (Å²) in [6.07, 6.45) is 1.03. The van der Waals surface area contributed by atoms with Crippen molar-refractivity contribution in [3.63, 3.8) is 0 Å². The summed E-state index contributed by atoms with van der Waals surface area (Å²) >= 11 is 1.80. The molecule has 2 N–H and O–H groups in total. The molecule has 136 valence electrons. The third-order valence-corrected chi connectivity index (χ3v) is 5.19. The standard InChI is InChI=1S/C20H30N4S/c1-4-24(5-2)16-18-10-8-17(9-11-18)15-23-20(21-3)22-13-12-19-7-6-14-25-19/h6-11,14H,4-5,12-13,15-16H2,1-3H3,(H2,21,22,23). The van der Waals surface area contributed by atoms with E-state index in [-0.39, 0.29) is 0 Å². The van der Waals surface area contributed by atoms with Crippen molar-refractivity contribution in [1.82, 2.24) is 15.5 Å². The zero-order chi connectivity index (χ0) is 17.9. The summed E-state index contributed by atoms with van der Waals surface area (Å²) in [5.41, 5.74) is 2.63. The smallest absolute Gasteiger partial charge is 0.191 e. The second-order valence-electron chi connectivity index (χ2n) is 5.96. The number of nitrogens with zero attached hydrogens (tertiary/aromatic N) is 2. The molecule has 4 nitrogen and oxygen atoms in total. The highest BCUT2D eigenvalue weighted by Crippen LogP contribution is 2.09. The van der Waals surface area contributed by atoms with Gasteiger partial charge in [-0.15, -0.1) is 11.3 Å². The van der Waals surface area contributed by atoms with Gasteiger partial charge in [0.25, 0.3) is 0 Å². The summed E-state index contributed by atoms with van der Waals surface area (Å²) in [4.78, 5) is 8.11. The van der Waals surface area contributed by atoms with Crippen LogP contribution in [-0.2, 0) is 19.5 Å². The van der Waals surface area contributed by atoms with Crippen LogP contribution in [0.4, 0.5) is 0 Å². The molecular formula is C20H30N4S. The van der Waals surface area contributed by atoms with Gasteiger partial charge in [0.15, 0.2) is 5.96 Å². The molecule has 0 saturated carbocycles. The quantitative estimate of drug-likeness (QED) is 0.532. The largest absolute Gasteiger partial charge is 0.356 e. The molecule has 2 aromatic rings. The van der Waals surface area contributed by atoms with Gasteiger partial charge < -0.3 is 10.6 Å². The number of hydrogen-bond donors (Lipinski definition) is 2. The lowest BCUT2D eigenvalue weighted by Gasteiger charge is -2.18. The van der Waals surface area contributed by atoms with Gasteiger partial charge in [-0.05, 0) is 42.1 Å².